The van der Waals surface area contributed by atoms with Crippen LogP contribution in [-0.2, 0) is 4.79 Å². The Hall–Kier alpha value is -3.95. The zero-order valence-electron chi connectivity index (χ0n) is 19.7. The van der Waals surface area contributed by atoms with E-state index in [0.29, 0.717) is 27.5 Å². The van der Waals surface area contributed by atoms with Crippen LogP contribution >= 0.6 is 27.7 Å². The smallest absolute Gasteiger partial charge is 0.266 e. The summed E-state index contributed by atoms with van der Waals surface area (Å²) in [6.45, 7) is 0. The van der Waals surface area contributed by atoms with Crippen molar-refractivity contribution >= 4 is 61.5 Å². The van der Waals surface area contributed by atoms with Crippen molar-refractivity contribution in [2.45, 2.75) is 5.16 Å². The van der Waals surface area contributed by atoms with E-state index in [4.69, 9.17) is 4.74 Å². The number of hydrogen-bond donors (Lipinski definition) is 1. The van der Waals surface area contributed by atoms with Crippen molar-refractivity contribution in [3.63, 3.8) is 0 Å². The first kappa shape index (κ1) is 24.7. The minimum Gasteiger partial charge on any atom is -0.496 e. The summed E-state index contributed by atoms with van der Waals surface area (Å²) in [6, 6.07) is 26.3. The molecule has 0 spiro atoms. The Morgan fingerprint density at radius 1 is 1.03 bits per heavy atom. The Morgan fingerprint density at radius 2 is 1.76 bits per heavy atom. The molecule has 1 heterocycles. The zero-order valence-corrected chi connectivity index (χ0v) is 22.1. The third-order valence-electron chi connectivity index (χ3n) is 5.70. The van der Waals surface area contributed by atoms with Crippen LogP contribution in [0.5, 0.6) is 5.75 Å². The average molecular weight is 573 g/mol. The largest absolute Gasteiger partial charge is 0.496 e. The normalized spacial score (nSPS) is 11.3. The monoisotopic (exact) mass is 572 g/mol. The number of thioether (sulfide) groups is 1. The van der Waals surface area contributed by atoms with Gasteiger partial charge in [-0.05, 0) is 53.2 Å². The number of fused-ring (bicyclic) bond motifs is 2. The van der Waals surface area contributed by atoms with Crippen LogP contribution in [0.25, 0.3) is 27.4 Å². The number of aromatic nitrogens is 2. The molecule has 0 aliphatic carbocycles. The lowest BCUT2D eigenvalue weighted by Gasteiger charge is -2.13. The van der Waals surface area contributed by atoms with E-state index >= 15 is 0 Å². The average Bonchev–Trinajstić information content (AvgIpc) is 2.93. The van der Waals surface area contributed by atoms with Gasteiger partial charge in [0, 0.05) is 10.0 Å². The molecule has 0 aliphatic heterocycles. The first-order valence-electron chi connectivity index (χ1n) is 11.3. The second-order valence-electron chi connectivity index (χ2n) is 8.01. The second-order valence-corrected chi connectivity index (χ2v) is 9.87. The predicted molar refractivity (Wildman–Crippen MR) is 152 cm³/mol. The Morgan fingerprint density at radius 3 is 2.54 bits per heavy atom. The van der Waals surface area contributed by atoms with Gasteiger partial charge in [0.05, 0.1) is 35.7 Å². The number of hydrazone groups is 1. The molecule has 1 amide bonds. The molecule has 5 aromatic rings. The maximum atomic E-state index is 13.3. The van der Waals surface area contributed by atoms with Gasteiger partial charge in [-0.15, -0.1) is 0 Å². The van der Waals surface area contributed by atoms with E-state index < -0.39 is 0 Å². The topological polar surface area (TPSA) is 85.6 Å². The number of methoxy groups -OCH3 is 1. The van der Waals surface area contributed by atoms with Gasteiger partial charge in [0.25, 0.3) is 11.5 Å². The number of ether oxygens (including phenoxy) is 1. The van der Waals surface area contributed by atoms with Gasteiger partial charge >= 0.3 is 0 Å². The van der Waals surface area contributed by atoms with Crippen LogP contribution in [-0.4, -0.2) is 34.5 Å². The third-order valence-corrected chi connectivity index (χ3v) is 7.16. The molecular weight excluding hydrogens is 552 g/mol. The van der Waals surface area contributed by atoms with Crippen molar-refractivity contribution in [1.29, 1.82) is 0 Å². The van der Waals surface area contributed by atoms with E-state index in [9.17, 15) is 9.59 Å². The lowest BCUT2D eigenvalue weighted by atomic mass is 10.0. The molecule has 0 aliphatic rings. The molecular formula is C28H21BrN4O3S. The summed E-state index contributed by atoms with van der Waals surface area (Å²) in [6.07, 6.45) is 1.58. The van der Waals surface area contributed by atoms with Crippen LogP contribution in [0.4, 0.5) is 0 Å². The summed E-state index contributed by atoms with van der Waals surface area (Å²) in [5.41, 5.74) is 4.38. The highest BCUT2D eigenvalue weighted by Gasteiger charge is 2.15. The number of nitrogens with one attached hydrogen (secondary N) is 1. The number of halogens is 1. The number of benzene rings is 4. The lowest BCUT2D eigenvalue weighted by molar-refractivity contribution is -0.118. The van der Waals surface area contributed by atoms with E-state index in [1.807, 2.05) is 66.7 Å². The molecule has 9 heteroatoms. The molecule has 0 fully saturated rings. The Bertz CT molecular complexity index is 1700. The first-order chi connectivity index (χ1) is 18.0. The van der Waals surface area contributed by atoms with Gasteiger partial charge in [0.1, 0.15) is 5.75 Å². The summed E-state index contributed by atoms with van der Waals surface area (Å²) < 4.78 is 7.89. The molecule has 1 N–H and O–H groups in total. The zero-order chi connectivity index (χ0) is 25.8. The lowest BCUT2D eigenvalue weighted by Crippen LogP contribution is -2.24. The number of para-hydroxylation sites is 1. The highest BCUT2D eigenvalue weighted by atomic mass is 79.9. The molecule has 184 valence electrons. The fourth-order valence-electron chi connectivity index (χ4n) is 3.94. The predicted octanol–water partition coefficient (Wildman–Crippen LogP) is 5.55. The first-order valence-corrected chi connectivity index (χ1v) is 13.1. The highest BCUT2D eigenvalue weighted by Crippen LogP contribution is 2.26. The Balaban J connectivity index is 1.38. The number of carbonyl (C=O) groups excluding carboxylic acids is 1. The summed E-state index contributed by atoms with van der Waals surface area (Å²) in [7, 11) is 1.60. The molecule has 0 bridgehead atoms. The number of nitrogens with zero attached hydrogens (tertiary/aromatic N) is 3. The molecule has 37 heavy (non-hydrogen) atoms. The molecule has 0 atom stereocenters. The number of rotatable bonds is 7. The fourth-order valence-corrected chi connectivity index (χ4v) is 5.01. The molecule has 0 unspecified atom stereocenters. The van der Waals surface area contributed by atoms with E-state index in [1.165, 1.54) is 16.3 Å². The number of amides is 1. The van der Waals surface area contributed by atoms with Gasteiger partial charge in [-0.1, -0.05) is 70.2 Å². The summed E-state index contributed by atoms with van der Waals surface area (Å²) in [5.74, 6) is 0.348. The maximum absolute atomic E-state index is 13.3. The highest BCUT2D eigenvalue weighted by molar-refractivity contribution is 9.10. The van der Waals surface area contributed by atoms with Crippen molar-refractivity contribution in [3.05, 3.63) is 105 Å². The van der Waals surface area contributed by atoms with E-state index in [0.717, 1.165) is 20.8 Å². The van der Waals surface area contributed by atoms with Gasteiger partial charge in [-0.2, -0.15) is 5.10 Å². The third kappa shape index (κ3) is 5.28. The molecule has 7 nitrogen and oxygen atoms in total. The summed E-state index contributed by atoms with van der Waals surface area (Å²) in [4.78, 5) is 30.7. The summed E-state index contributed by atoms with van der Waals surface area (Å²) in [5, 5.41) is 7.09. The molecule has 0 radical (unpaired) electrons. The molecule has 0 saturated carbocycles. The summed E-state index contributed by atoms with van der Waals surface area (Å²) >= 11 is 4.59. The fraction of sp³-hybridized carbons (Fsp3) is 0.0714. The Labute approximate surface area is 225 Å². The van der Waals surface area contributed by atoms with Crippen LogP contribution in [0, 0.1) is 0 Å². The SMILES string of the molecule is COc1ccc2ccccc2c1/C=N\NC(=O)CSc1nc2ccccc2c(=O)n1-c1ccc(Br)cc1. The van der Waals surface area contributed by atoms with E-state index in [2.05, 4.69) is 31.4 Å². The van der Waals surface area contributed by atoms with Crippen molar-refractivity contribution in [1.82, 2.24) is 15.0 Å². The number of carbonyl (C=O) groups is 1. The molecule has 4 aromatic carbocycles. The minimum absolute atomic E-state index is 0.0192. The Kier molecular flexibility index (Phi) is 7.34. The van der Waals surface area contributed by atoms with Gasteiger partial charge in [-0.3, -0.25) is 14.2 Å². The van der Waals surface area contributed by atoms with Crippen LogP contribution in [0.1, 0.15) is 5.56 Å². The van der Waals surface area contributed by atoms with Gasteiger partial charge in [0.15, 0.2) is 5.16 Å². The molecule has 0 saturated heterocycles. The van der Waals surface area contributed by atoms with Crippen molar-refractivity contribution in [2.75, 3.05) is 12.9 Å². The standard InChI is InChI=1S/C28H21BrN4O3S/c1-36-25-15-10-18-6-2-3-7-21(18)23(25)16-30-32-26(34)17-37-28-31-24-9-5-4-8-22(24)27(35)33(28)20-13-11-19(29)12-14-20/h2-16H,17H2,1H3,(H,32,34)/b30-16-. The minimum atomic E-state index is -0.329. The van der Waals surface area contributed by atoms with Crippen molar-refractivity contribution in [2.24, 2.45) is 5.10 Å². The van der Waals surface area contributed by atoms with Crippen molar-refractivity contribution in [3.8, 4) is 11.4 Å². The maximum Gasteiger partial charge on any atom is 0.266 e. The van der Waals surface area contributed by atoms with Crippen LogP contribution in [0.2, 0.25) is 0 Å². The quantitative estimate of drug-likeness (QED) is 0.119. The van der Waals surface area contributed by atoms with Crippen LogP contribution < -0.4 is 15.7 Å². The van der Waals surface area contributed by atoms with E-state index in [1.54, 1.807) is 31.5 Å². The van der Waals surface area contributed by atoms with Crippen LogP contribution in [0.15, 0.2) is 104 Å². The molecule has 1 aromatic heterocycles. The van der Waals surface area contributed by atoms with Gasteiger partial charge in [0.2, 0.25) is 0 Å². The van der Waals surface area contributed by atoms with Crippen LogP contribution in [0.3, 0.4) is 0 Å². The molecule has 5 rings (SSSR count). The van der Waals surface area contributed by atoms with Crippen molar-refractivity contribution < 1.29 is 9.53 Å². The van der Waals surface area contributed by atoms with Gasteiger partial charge < -0.3 is 4.74 Å². The van der Waals surface area contributed by atoms with E-state index in [-0.39, 0.29) is 17.2 Å². The second kappa shape index (κ2) is 11.0. The number of hydrogen-bond acceptors (Lipinski definition) is 6. The van der Waals surface area contributed by atoms with Gasteiger partial charge in [-0.25, -0.2) is 10.4 Å².